The van der Waals surface area contributed by atoms with Crippen molar-refractivity contribution in [1.29, 1.82) is 0 Å². The van der Waals surface area contributed by atoms with Gasteiger partial charge in [-0.05, 0) is 48.7 Å². The molecule has 0 fully saturated rings. The summed E-state index contributed by atoms with van der Waals surface area (Å²) >= 11 is 0. The molecule has 0 radical (unpaired) electrons. The summed E-state index contributed by atoms with van der Waals surface area (Å²) in [6.07, 6.45) is 0. The fourth-order valence-corrected chi connectivity index (χ4v) is 2.57. The molecule has 1 heterocycles. The Bertz CT molecular complexity index is 1030. The second kappa shape index (κ2) is 6.87. The molecule has 0 aliphatic carbocycles. The van der Waals surface area contributed by atoms with Crippen LogP contribution in [0.2, 0.25) is 0 Å². The number of aromatic nitrogens is 2. The Morgan fingerprint density at radius 1 is 1.15 bits per heavy atom. The summed E-state index contributed by atoms with van der Waals surface area (Å²) in [5, 5.41) is 0. The molecule has 7 heteroatoms. The lowest BCUT2D eigenvalue weighted by molar-refractivity contribution is 0.341. The van der Waals surface area contributed by atoms with Gasteiger partial charge in [0.25, 0.3) is 5.56 Å². The van der Waals surface area contributed by atoms with Crippen LogP contribution in [-0.2, 0) is 0 Å². The van der Waals surface area contributed by atoms with Crippen molar-refractivity contribution in [1.82, 2.24) is 9.97 Å². The van der Waals surface area contributed by atoms with E-state index in [4.69, 9.17) is 16.2 Å². The van der Waals surface area contributed by atoms with Gasteiger partial charge in [-0.15, -0.1) is 0 Å². The van der Waals surface area contributed by atoms with Crippen molar-refractivity contribution in [2.75, 3.05) is 18.1 Å². The van der Waals surface area contributed by atoms with Crippen molar-refractivity contribution in [3.05, 3.63) is 58.1 Å². The number of aromatic amines is 1. The molecule has 5 N–H and O–H groups in total. The molecule has 0 bridgehead atoms. The smallest absolute Gasteiger partial charge is 0.276 e. The largest absolute Gasteiger partial charge is 0.493 e. The van der Waals surface area contributed by atoms with Gasteiger partial charge in [-0.2, -0.15) is 0 Å². The minimum atomic E-state index is -0.514. The molecule has 1 aromatic heterocycles. The van der Waals surface area contributed by atoms with Crippen molar-refractivity contribution in [2.45, 2.75) is 13.8 Å². The highest BCUT2D eigenvalue weighted by Crippen LogP contribution is 2.33. The van der Waals surface area contributed by atoms with E-state index < -0.39 is 5.56 Å². The van der Waals surface area contributed by atoms with Gasteiger partial charge >= 0.3 is 0 Å². The van der Waals surface area contributed by atoms with Gasteiger partial charge in [-0.1, -0.05) is 18.2 Å². The van der Waals surface area contributed by atoms with Gasteiger partial charge in [-0.25, -0.2) is 9.37 Å². The third-order valence-corrected chi connectivity index (χ3v) is 4.03. The highest BCUT2D eigenvalue weighted by molar-refractivity contribution is 5.74. The molecule has 6 nitrogen and oxygen atoms in total. The Hall–Kier alpha value is -3.35. The normalized spacial score (nSPS) is 10.7. The number of aryl methyl sites for hydroxylation is 1. The van der Waals surface area contributed by atoms with Crippen LogP contribution in [0.15, 0.2) is 41.2 Å². The number of anilines is 2. The number of rotatable bonds is 4. The molecule has 2 aromatic carbocycles. The summed E-state index contributed by atoms with van der Waals surface area (Å²) in [7, 11) is 0. The number of halogens is 1. The van der Waals surface area contributed by atoms with Crippen LogP contribution in [0.4, 0.5) is 15.9 Å². The average molecular weight is 354 g/mol. The van der Waals surface area contributed by atoms with Crippen LogP contribution in [-0.4, -0.2) is 16.6 Å². The van der Waals surface area contributed by atoms with Gasteiger partial charge < -0.3 is 21.2 Å². The first-order valence-electron chi connectivity index (χ1n) is 8.09. The zero-order valence-electron chi connectivity index (χ0n) is 14.5. The summed E-state index contributed by atoms with van der Waals surface area (Å²) in [5.41, 5.74) is 13.3. The molecule has 26 heavy (non-hydrogen) atoms. The topological polar surface area (TPSA) is 107 Å². The van der Waals surface area contributed by atoms with E-state index in [1.807, 2.05) is 13.0 Å². The summed E-state index contributed by atoms with van der Waals surface area (Å²) < 4.78 is 19.6. The van der Waals surface area contributed by atoms with Crippen LogP contribution >= 0.6 is 0 Å². The Balaban J connectivity index is 2.13. The predicted molar refractivity (Wildman–Crippen MR) is 100 cm³/mol. The second-order valence-electron chi connectivity index (χ2n) is 5.82. The summed E-state index contributed by atoms with van der Waals surface area (Å²) in [5.74, 6) is 0.433. The van der Waals surface area contributed by atoms with E-state index >= 15 is 0 Å². The molecule has 0 aliphatic heterocycles. The average Bonchev–Trinajstić information content (AvgIpc) is 2.62. The van der Waals surface area contributed by atoms with E-state index in [1.165, 1.54) is 6.07 Å². The van der Waals surface area contributed by atoms with Crippen LogP contribution in [0, 0.1) is 12.7 Å². The molecule has 0 saturated heterocycles. The lowest BCUT2D eigenvalue weighted by atomic mass is 10.0. The number of nitrogens with one attached hydrogen (secondary N) is 1. The molecule has 134 valence electrons. The van der Waals surface area contributed by atoms with E-state index in [0.29, 0.717) is 23.5 Å². The molecule has 0 spiro atoms. The molecule has 0 atom stereocenters. The van der Waals surface area contributed by atoms with Gasteiger partial charge in [0.1, 0.15) is 23.1 Å². The highest BCUT2D eigenvalue weighted by atomic mass is 19.1. The maximum absolute atomic E-state index is 13.9. The number of H-pyrrole nitrogens is 1. The maximum Gasteiger partial charge on any atom is 0.276 e. The Labute approximate surface area is 149 Å². The Kier molecular flexibility index (Phi) is 4.62. The Morgan fingerprint density at radius 2 is 1.85 bits per heavy atom. The van der Waals surface area contributed by atoms with Crippen LogP contribution in [0.5, 0.6) is 5.75 Å². The second-order valence-corrected chi connectivity index (χ2v) is 5.82. The molecule has 3 rings (SSSR count). The maximum atomic E-state index is 13.9. The van der Waals surface area contributed by atoms with Crippen LogP contribution in [0.1, 0.15) is 12.5 Å². The van der Waals surface area contributed by atoms with Gasteiger partial charge in [0.15, 0.2) is 5.82 Å². The van der Waals surface area contributed by atoms with Crippen molar-refractivity contribution < 1.29 is 9.13 Å². The molecule has 0 saturated carbocycles. The number of hydrogen-bond acceptors (Lipinski definition) is 5. The quantitative estimate of drug-likeness (QED) is 0.667. The highest BCUT2D eigenvalue weighted by Gasteiger charge is 2.14. The number of benzene rings is 2. The monoisotopic (exact) mass is 354 g/mol. The first-order chi connectivity index (χ1) is 12.4. The van der Waals surface area contributed by atoms with E-state index in [9.17, 15) is 9.18 Å². The van der Waals surface area contributed by atoms with Gasteiger partial charge in [0.05, 0.1) is 12.2 Å². The third-order valence-electron chi connectivity index (χ3n) is 4.03. The zero-order valence-corrected chi connectivity index (χ0v) is 14.5. The zero-order chi connectivity index (χ0) is 18.8. The van der Waals surface area contributed by atoms with Crippen molar-refractivity contribution in [3.8, 4) is 28.3 Å². The van der Waals surface area contributed by atoms with E-state index in [2.05, 4.69) is 9.97 Å². The molecule has 0 aliphatic rings. The minimum Gasteiger partial charge on any atom is -0.493 e. The fraction of sp³-hybridized carbons (Fsp3) is 0.158. The SMILES string of the molecule is CCOc1cc(-c2ccc(C)c(F)c2)ccc1-c1nc(N)c(N)c(=O)[nH]1. The minimum absolute atomic E-state index is 0.0455. The number of nitrogens with zero attached hydrogens (tertiary/aromatic N) is 1. The number of nitrogens with two attached hydrogens (primary N) is 2. The lowest BCUT2D eigenvalue weighted by Gasteiger charge is -2.13. The Morgan fingerprint density at radius 3 is 2.50 bits per heavy atom. The molecule has 0 unspecified atom stereocenters. The van der Waals surface area contributed by atoms with Gasteiger partial charge in [-0.3, -0.25) is 4.79 Å². The van der Waals surface area contributed by atoms with Gasteiger partial charge in [0, 0.05) is 0 Å². The number of nitrogen functional groups attached to an aromatic ring is 2. The van der Waals surface area contributed by atoms with Crippen molar-refractivity contribution in [3.63, 3.8) is 0 Å². The molecular weight excluding hydrogens is 335 g/mol. The summed E-state index contributed by atoms with van der Waals surface area (Å²) in [6, 6.07) is 10.3. The van der Waals surface area contributed by atoms with E-state index in [-0.39, 0.29) is 23.1 Å². The van der Waals surface area contributed by atoms with Crippen LogP contribution in [0.25, 0.3) is 22.5 Å². The van der Waals surface area contributed by atoms with E-state index in [0.717, 1.165) is 11.1 Å². The first kappa shape index (κ1) is 17.5. The summed E-state index contributed by atoms with van der Waals surface area (Å²) in [6.45, 7) is 3.96. The fourth-order valence-electron chi connectivity index (χ4n) is 2.57. The molecular formula is C19H19FN4O2. The number of ether oxygens (including phenoxy) is 1. The molecule has 0 amide bonds. The summed E-state index contributed by atoms with van der Waals surface area (Å²) in [4.78, 5) is 18.6. The van der Waals surface area contributed by atoms with Crippen molar-refractivity contribution in [2.24, 2.45) is 0 Å². The third kappa shape index (κ3) is 3.23. The van der Waals surface area contributed by atoms with Crippen molar-refractivity contribution >= 4 is 11.5 Å². The van der Waals surface area contributed by atoms with E-state index in [1.54, 1.807) is 31.2 Å². The van der Waals surface area contributed by atoms with Crippen LogP contribution in [0.3, 0.4) is 0 Å². The predicted octanol–water partition coefficient (Wildman–Crippen LogP) is 3.11. The van der Waals surface area contributed by atoms with Crippen LogP contribution < -0.4 is 21.8 Å². The first-order valence-corrected chi connectivity index (χ1v) is 8.09. The van der Waals surface area contributed by atoms with Gasteiger partial charge in [0.2, 0.25) is 0 Å². The number of hydrogen-bond donors (Lipinski definition) is 3. The lowest BCUT2D eigenvalue weighted by Crippen LogP contribution is -2.17. The molecule has 3 aromatic rings. The standard InChI is InChI=1S/C19H19FN4O2/c1-3-26-15-9-12(11-5-4-10(2)14(20)8-11)6-7-13(15)18-23-17(22)16(21)19(25)24-18/h4-9H,3,21H2,1-2H3,(H3,22,23,24,25).